The number of aromatic amines is 1. The third-order valence-corrected chi connectivity index (χ3v) is 4.28. The highest BCUT2D eigenvalue weighted by Gasteiger charge is 2.26. The zero-order valence-corrected chi connectivity index (χ0v) is 8.76. The van der Waals surface area contributed by atoms with E-state index < -0.39 is 10.0 Å². The van der Waals surface area contributed by atoms with Crippen LogP contribution in [0.2, 0.25) is 0 Å². The molecule has 6 heteroatoms. The van der Waals surface area contributed by atoms with E-state index in [0.29, 0.717) is 19.5 Å². The van der Waals surface area contributed by atoms with Crippen molar-refractivity contribution in [2.24, 2.45) is 0 Å². The third kappa shape index (κ3) is 1.55. The number of sulfonamides is 1. The molecule has 1 aromatic heterocycles. The summed E-state index contributed by atoms with van der Waals surface area (Å²) in [7, 11) is -3.07. The Morgan fingerprint density at radius 1 is 1.64 bits per heavy atom. The van der Waals surface area contributed by atoms with Crippen molar-refractivity contribution < 1.29 is 8.42 Å². The van der Waals surface area contributed by atoms with E-state index in [-0.39, 0.29) is 5.75 Å². The first kappa shape index (κ1) is 9.67. The van der Waals surface area contributed by atoms with E-state index in [2.05, 4.69) is 16.4 Å². The van der Waals surface area contributed by atoms with Gasteiger partial charge in [-0.2, -0.15) is 9.40 Å². The van der Waals surface area contributed by atoms with E-state index >= 15 is 0 Å². The SMILES string of the molecule is CCS(=O)(=O)N1CCc2[nH]n[c]c2C1. The Morgan fingerprint density at radius 2 is 2.43 bits per heavy atom. The van der Waals surface area contributed by atoms with Gasteiger partial charge >= 0.3 is 0 Å². The normalized spacial score (nSPS) is 18.1. The predicted octanol–water partition coefficient (Wildman–Crippen LogP) is -0.0823. The zero-order chi connectivity index (χ0) is 10.2. The Kier molecular flexibility index (Phi) is 2.32. The second kappa shape index (κ2) is 3.36. The fourth-order valence-electron chi connectivity index (χ4n) is 1.55. The highest BCUT2D eigenvalue weighted by atomic mass is 32.2. The Balaban J connectivity index is 2.23. The van der Waals surface area contributed by atoms with E-state index in [1.54, 1.807) is 6.92 Å². The lowest BCUT2D eigenvalue weighted by Crippen LogP contribution is -2.36. The monoisotopic (exact) mass is 214 g/mol. The minimum atomic E-state index is -3.07. The molecule has 0 aromatic carbocycles. The summed E-state index contributed by atoms with van der Waals surface area (Å²) in [6.07, 6.45) is 3.47. The van der Waals surface area contributed by atoms with Crippen LogP contribution >= 0.6 is 0 Å². The average Bonchev–Trinajstić information content (AvgIpc) is 2.64. The van der Waals surface area contributed by atoms with Gasteiger partial charge < -0.3 is 0 Å². The molecule has 0 fully saturated rings. The predicted molar refractivity (Wildman–Crippen MR) is 51.0 cm³/mol. The highest BCUT2D eigenvalue weighted by Crippen LogP contribution is 2.18. The van der Waals surface area contributed by atoms with E-state index in [0.717, 1.165) is 11.3 Å². The van der Waals surface area contributed by atoms with Gasteiger partial charge in [-0.05, 0) is 6.92 Å². The Bertz CT molecular complexity index is 424. The maximum absolute atomic E-state index is 11.6. The molecular formula is C8H12N3O2S. The minimum absolute atomic E-state index is 0.153. The quantitative estimate of drug-likeness (QED) is 0.748. The molecule has 77 valence electrons. The van der Waals surface area contributed by atoms with Crippen LogP contribution < -0.4 is 0 Å². The van der Waals surface area contributed by atoms with Gasteiger partial charge in [-0.1, -0.05) is 0 Å². The summed E-state index contributed by atoms with van der Waals surface area (Å²) in [6, 6.07) is 0. The number of hydrogen-bond donors (Lipinski definition) is 1. The van der Waals surface area contributed by atoms with Crippen molar-refractivity contribution in [3.8, 4) is 0 Å². The number of fused-ring (bicyclic) bond motifs is 1. The van der Waals surface area contributed by atoms with Crippen molar-refractivity contribution in [2.45, 2.75) is 19.9 Å². The minimum Gasteiger partial charge on any atom is -0.282 e. The van der Waals surface area contributed by atoms with Crippen molar-refractivity contribution >= 4 is 10.0 Å². The molecule has 1 radical (unpaired) electrons. The third-order valence-electron chi connectivity index (χ3n) is 2.45. The summed E-state index contributed by atoms with van der Waals surface area (Å²) in [5.74, 6) is 0.153. The highest BCUT2D eigenvalue weighted by molar-refractivity contribution is 7.89. The lowest BCUT2D eigenvalue weighted by molar-refractivity contribution is 0.390. The summed E-state index contributed by atoms with van der Waals surface area (Å²) < 4.78 is 24.6. The molecule has 1 aromatic rings. The maximum atomic E-state index is 11.6. The van der Waals surface area contributed by atoms with Crippen molar-refractivity contribution in [3.63, 3.8) is 0 Å². The molecule has 0 bridgehead atoms. The molecule has 0 amide bonds. The van der Waals surface area contributed by atoms with Crippen LogP contribution in [0.3, 0.4) is 0 Å². The molecule has 0 saturated carbocycles. The van der Waals surface area contributed by atoms with Crippen LogP contribution in [0.15, 0.2) is 0 Å². The first-order valence-electron chi connectivity index (χ1n) is 4.55. The number of nitrogens with one attached hydrogen (secondary N) is 1. The summed E-state index contributed by atoms with van der Waals surface area (Å²) >= 11 is 0. The van der Waals surface area contributed by atoms with Gasteiger partial charge in [-0.15, -0.1) is 0 Å². The van der Waals surface area contributed by atoms with Crippen LogP contribution in [-0.4, -0.2) is 35.2 Å². The van der Waals surface area contributed by atoms with Gasteiger partial charge in [0.15, 0.2) is 0 Å². The zero-order valence-electron chi connectivity index (χ0n) is 7.95. The lowest BCUT2D eigenvalue weighted by atomic mass is 10.1. The van der Waals surface area contributed by atoms with E-state index in [9.17, 15) is 8.42 Å². The van der Waals surface area contributed by atoms with Gasteiger partial charge in [0, 0.05) is 30.8 Å². The average molecular weight is 214 g/mol. The lowest BCUT2D eigenvalue weighted by Gasteiger charge is -2.24. The molecule has 2 heterocycles. The molecule has 1 aliphatic heterocycles. The van der Waals surface area contributed by atoms with Gasteiger partial charge in [0.25, 0.3) is 0 Å². The largest absolute Gasteiger partial charge is 0.282 e. The molecule has 0 unspecified atom stereocenters. The molecule has 1 N–H and O–H groups in total. The topological polar surface area (TPSA) is 66.1 Å². The molecule has 2 rings (SSSR count). The Hall–Kier alpha value is -0.880. The second-order valence-electron chi connectivity index (χ2n) is 3.28. The number of aromatic nitrogens is 2. The van der Waals surface area contributed by atoms with Crippen LogP contribution in [0.1, 0.15) is 18.2 Å². The fourth-order valence-corrected chi connectivity index (χ4v) is 2.61. The van der Waals surface area contributed by atoms with Crippen LogP contribution in [0, 0.1) is 6.20 Å². The maximum Gasteiger partial charge on any atom is 0.214 e. The molecule has 1 aliphatic rings. The van der Waals surface area contributed by atoms with Crippen LogP contribution in [0.25, 0.3) is 0 Å². The number of nitrogens with zero attached hydrogens (tertiary/aromatic N) is 2. The van der Waals surface area contributed by atoms with Gasteiger partial charge in [0.05, 0.1) is 5.75 Å². The van der Waals surface area contributed by atoms with Crippen molar-refractivity contribution in [2.75, 3.05) is 12.3 Å². The van der Waals surface area contributed by atoms with Crippen molar-refractivity contribution in [1.29, 1.82) is 0 Å². The molecule has 0 atom stereocenters. The molecule has 5 nitrogen and oxygen atoms in total. The van der Waals surface area contributed by atoms with Gasteiger partial charge in [0.2, 0.25) is 10.0 Å². The van der Waals surface area contributed by atoms with Gasteiger partial charge in [-0.3, -0.25) is 5.10 Å². The smallest absolute Gasteiger partial charge is 0.214 e. The number of hydrogen-bond acceptors (Lipinski definition) is 3. The fraction of sp³-hybridized carbons (Fsp3) is 0.625. The first-order valence-corrected chi connectivity index (χ1v) is 6.16. The molecular weight excluding hydrogens is 202 g/mol. The molecule has 0 spiro atoms. The van der Waals surface area contributed by atoms with E-state index in [4.69, 9.17) is 0 Å². The summed E-state index contributed by atoms with van der Waals surface area (Å²) in [5.41, 5.74) is 1.88. The molecule has 0 aliphatic carbocycles. The number of H-pyrrole nitrogens is 1. The van der Waals surface area contributed by atoms with E-state index in [1.807, 2.05) is 0 Å². The Labute approximate surface area is 83.2 Å². The van der Waals surface area contributed by atoms with Gasteiger partial charge in [0.1, 0.15) is 6.20 Å². The van der Waals surface area contributed by atoms with Crippen LogP contribution in [0.5, 0.6) is 0 Å². The molecule has 14 heavy (non-hydrogen) atoms. The summed E-state index contributed by atoms with van der Waals surface area (Å²) in [4.78, 5) is 0. The van der Waals surface area contributed by atoms with E-state index in [1.165, 1.54) is 4.31 Å². The van der Waals surface area contributed by atoms with Crippen LogP contribution in [-0.2, 0) is 23.0 Å². The van der Waals surface area contributed by atoms with Crippen molar-refractivity contribution in [3.05, 3.63) is 17.5 Å². The summed E-state index contributed by atoms with van der Waals surface area (Å²) in [5, 5.41) is 6.60. The summed E-state index contributed by atoms with van der Waals surface area (Å²) in [6.45, 7) is 2.60. The standard InChI is InChI=1S/C8H12N3O2S/c1-2-14(12,13)11-4-3-8-7(6-11)5-9-10-8/h2-4,6H2,1H3,(H,9,10). The van der Waals surface area contributed by atoms with Crippen molar-refractivity contribution in [1.82, 2.24) is 14.5 Å². The molecule has 0 saturated heterocycles. The first-order chi connectivity index (χ1) is 6.63. The van der Waals surface area contributed by atoms with Gasteiger partial charge in [-0.25, -0.2) is 8.42 Å². The van der Waals surface area contributed by atoms with Crippen LogP contribution in [0.4, 0.5) is 0 Å². The number of rotatable bonds is 2. The Morgan fingerprint density at radius 3 is 3.14 bits per heavy atom. The second-order valence-corrected chi connectivity index (χ2v) is 5.53.